The van der Waals surface area contributed by atoms with Gasteiger partial charge < -0.3 is 9.47 Å². The van der Waals surface area contributed by atoms with Crippen LogP contribution in [-0.2, 0) is 11.2 Å². The smallest absolute Gasteiger partial charge is 0.246 e. The van der Waals surface area contributed by atoms with Crippen LogP contribution in [-0.4, -0.2) is 33.4 Å². The number of hydrogen-bond donors (Lipinski definition) is 0. The lowest BCUT2D eigenvalue weighted by Crippen LogP contribution is -2.38. The zero-order valence-electron chi connectivity index (χ0n) is 18.4. The molecule has 4 nitrogen and oxygen atoms in total. The van der Waals surface area contributed by atoms with Gasteiger partial charge in [-0.3, -0.25) is 4.79 Å². The summed E-state index contributed by atoms with van der Waals surface area (Å²) in [7, 11) is 0. The molecule has 0 radical (unpaired) electrons. The molecule has 0 N–H and O–H groups in total. The van der Waals surface area contributed by atoms with Gasteiger partial charge in [0.1, 0.15) is 11.6 Å². The molecule has 0 aliphatic carbocycles. The number of nitrogens with zero attached hydrogens (tertiary/aromatic N) is 3. The summed E-state index contributed by atoms with van der Waals surface area (Å²) in [5.41, 5.74) is 4.23. The summed E-state index contributed by atoms with van der Waals surface area (Å²) >= 11 is 0. The molecule has 1 saturated heterocycles. The van der Waals surface area contributed by atoms with Gasteiger partial charge in [0.25, 0.3) is 0 Å². The Bertz CT molecular complexity index is 1270. The molecule has 0 saturated carbocycles. The largest absolute Gasteiger partial charge is 0.339 e. The average Bonchev–Trinajstić information content (AvgIpc) is 3.22. The predicted molar refractivity (Wildman–Crippen MR) is 129 cm³/mol. The van der Waals surface area contributed by atoms with Gasteiger partial charge in [0, 0.05) is 31.6 Å². The quantitative estimate of drug-likeness (QED) is 0.377. The van der Waals surface area contributed by atoms with Crippen LogP contribution in [0.4, 0.5) is 4.39 Å². The van der Waals surface area contributed by atoms with Gasteiger partial charge in [-0.05, 0) is 54.3 Å². The first-order valence-electron chi connectivity index (χ1n) is 11.4. The summed E-state index contributed by atoms with van der Waals surface area (Å²) in [5.74, 6) is 0.792. The molecule has 5 rings (SSSR count). The van der Waals surface area contributed by atoms with Gasteiger partial charge in [-0.15, -0.1) is 0 Å². The minimum atomic E-state index is -0.279. The highest BCUT2D eigenvalue weighted by molar-refractivity contribution is 5.91. The number of para-hydroxylation sites is 2. The van der Waals surface area contributed by atoms with Crippen LogP contribution in [0.15, 0.2) is 84.9 Å². The van der Waals surface area contributed by atoms with Gasteiger partial charge in [-0.1, -0.05) is 54.6 Å². The van der Waals surface area contributed by atoms with E-state index in [1.807, 2.05) is 17.0 Å². The molecular weight excluding hydrogens is 413 g/mol. The lowest BCUT2D eigenvalue weighted by atomic mass is 10.0. The maximum absolute atomic E-state index is 13.1. The number of amides is 1. The maximum Gasteiger partial charge on any atom is 0.246 e. The number of carbonyl (C=O) groups excluding carboxylic acids is 1. The Kier molecular flexibility index (Phi) is 6.03. The van der Waals surface area contributed by atoms with Gasteiger partial charge in [0.05, 0.1) is 11.0 Å². The summed E-state index contributed by atoms with van der Waals surface area (Å²) < 4.78 is 15.5. The van der Waals surface area contributed by atoms with E-state index < -0.39 is 0 Å². The standard InChI is InChI=1S/C28H26FN3O/c29-23-13-10-21(11-14-23)12-15-28(33)31-18-16-24(17-19-31)32-26-9-5-4-8-25(26)30-27(32)20-22-6-2-1-3-7-22/h1-15,24H,16-20H2/b15-12+. The van der Waals surface area contributed by atoms with E-state index in [9.17, 15) is 9.18 Å². The highest BCUT2D eigenvalue weighted by atomic mass is 19.1. The van der Waals surface area contributed by atoms with Crippen molar-refractivity contribution < 1.29 is 9.18 Å². The molecule has 1 aliphatic rings. The minimum absolute atomic E-state index is 0.00206. The number of halogens is 1. The first kappa shape index (κ1) is 21.1. The van der Waals surface area contributed by atoms with Crippen LogP contribution in [0.5, 0.6) is 0 Å². The number of benzene rings is 3. The highest BCUT2D eigenvalue weighted by Crippen LogP contribution is 2.30. The number of fused-ring (bicyclic) bond motifs is 1. The zero-order valence-corrected chi connectivity index (χ0v) is 18.4. The van der Waals surface area contributed by atoms with E-state index in [4.69, 9.17) is 4.98 Å². The molecule has 33 heavy (non-hydrogen) atoms. The van der Waals surface area contributed by atoms with Gasteiger partial charge in [0.2, 0.25) is 5.91 Å². The van der Waals surface area contributed by atoms with Crippen LogP contribution in [0.25, 0.3) is 17.1 Å². The summed E-state index contributed by atoms with van der Waals surface area (Å²) in [6.07, 6.45) is 5.89. The maximum atomic E-state index is 13.1. The third-order valence-electron chi connectivity index (χ3n) is 6.30. The van der Waals surface area contributed by atoms with Crippen LogP contribution in [0.3, 0.4) is 0 Å². The molecule has 0 unspecified atom stereocenters. The number of imidazole rings is 1. The molecule has 4 aromatic rings. The Morgan fingerprint density at radius 2 is 1.64 bits per heavy atom. The second-order valence-corrected chi connectivity index (χ2v) is 8.49. The van der Waals surface area contributed by atoms with Crippen LogP contribution in [0.2, 0.25) is 0 Å². The Labute approximate surface area is 193 Å². The van der Waals surface area contributed by atoms with Crippen LogP contribution in [0.1, 0.15) is 35.8 Å². The van der Waals surface area contributed by atoms with Gasteiger partial charge in [-0.25, -0.2) is 9.37 Å². The molecule has 1 fully saturated rings. The molecule has 0 spiro atoms. The molecule has 166 valence electrons. The van der Waals surface area contributed by atoms with E-state index in [1.165, 1.54) is 17.7 Å². The monoisotopic (exact) mass is 439 g/mol. The summed E-state index contributed by atoms with van der Waals surface area (Å²) in [6, 6.07) is 25.2. The minimum Gasteiger partial charge on any atom is -0.339 e. The van der Waals surface area contributed by atoms with E-state index in [-0.39, 0.29) is 11.7 Å². The normalized spacial score (nSPS) is 14.9. The topological polar surface area (TPSA) is 38.1 Å². The SMILES string of the molecule is O=C(/C=C/c1ccc(F)cc1)N1CCC(n2c(Cc3ccccc3)nc3ccccc32)CC1. The molecule has 1 aliphatic heterocycles. The van der Waals surface area contributed by atoms with Crippen LogP contribution >= 0.6 is 0 Å². The van der Waals surface area contributed by atoms with E-state index in [1.54, 1.807) is 24.3 Å². The molecule has 3 aromatic carbocycles. The third kappa shape index (κ3) is 4.72. The number of carbonyl (C=O) groups is 1. The van der Waals surface area contributed by atoms with Crippen molar-refractivity contribution in [2.75, 3.05) is 13.1 Å². The van der Waals surface area contributed by atoms with Crippen LogP contribution in [0, 0.1) is 5.82 Å². The average molecular weight is 440 g/mol. The second kappa shape index (κ2) is 9.41. The van der Waals surface area contributed by atoms with Crippen molar-refractivity contribution in [1.29, 1.82) is 0 Å². The highest BCUT2D eigenvalue weighted by Gasteiger charge is 2.26. The van der Waals surface area contributed by atoms with Crippen molar-refractivity contribution in [3.63, 3.8) is 0 Å². The Morgan fingerprint density at radius 3 is 2.39 bits per heavy atom. The van der Waals surface area contributed by atoms with Crippen LogP contribution < -0.4 is 0 Å². The van der Waals surface area contributed by atoms with Crippen molar-refractivity contribution in [2.45, 2.75) is 25.3 Å². The number of rotatable bonds is 5. The van der Waals surface area contributed by atoms with E-state index in [0.29, 0.717) is 19.1 Å². The number of piperidine rings is 1. The summed E-state index contributed by atoms with van der Waals surface area (Å²) in [6.45, 7) is 1.41. The van der Waals surface area contributed by atoms with Gasteiger partial charge in [0.15, 0.2) is 0 Å². The van der Waals surface area contributed by atoms with Crippen molar-refractivity contribution >= 4 is 23.0 Å². The van der Waals surface area contributed by atoms with Crippen molar-refractivity contribution in [3.8, 4) is 0 Å². The van der Waals surface area contributed by atoms with E-state index in [2.05, 4.69) is 47.0 Å². The fraction of sp³-hybridized carbons (Fsp3) is 0.214. The van der Waals surface area contributed by atoms with Crippen molar-refractivity contribution in [2.24, 2.45) is 0 Å². The number of likely N-dealkylation sites (tertiary alicyclic amines) is 1. The van der Waals surface area contributed by atoms with Crippen molar-refractivity contribution in [1.82, 2.24) is 14.5 Å². The fourth-order valence-electron chi connectivity index (χ4n) is 4.60. The molecule has 5 heteroatoms. The molecule has 1 amide bonds. The molecule has 0 atom stereocenters. The lowest BCUT2D eigenvalue weighted by molar-refractivity contribution is -0.127. The van der Waals surface area contributed by atoms with E-state index >= 15 is 0 Å². The second-order valence-electron chi connectivity index (χ2n) is 8.49. The number of aromatic nitrogens is 2. The van der Waals surface area contributed by atoms with E-state index in [0.717, 1.165) is 41.7 Å². The molecule has 1 aromatic heterocycles. The summed E-state index contributed by atoms with van der Waals surface area (Å²) in [4.78, 5) is 19.5. The lowest BCUT2D eigenvalue weighted by Gasteiger charge is -2.33. The Hall–Kier alpha value is -3.73. The zero-order chi connectivity index (χ0) is 22.6. The Balaban J connectivity index is 1.31. The molecule has 0 bridgehead atoms. The first-order chi connectivity index (χ1) is 16.2. The number of hydrogen-bond acceptors (Lipinski definition) is 2. The Morgan fingerprint density at radius 1 is 0.939 bits per heavy atom. The predicted octanol–water partition coefficient (Wildman–Crippen LogP) is 5.64. The summed E-state index contributed by atoms with van der Waals surface area (Å²) in [5, 5.41) is 0. The van der Waals surface area contributed by atoms with Crippen molar-refractivity contribution in [3.05, 3.63) is 108 Å². The van der Waals surface area contributed by atoms with Gasteiger partial charge in [-0.2, -0.15) is 0 Å². The molecule has 2 heterocycles. The first-order valence-corrected chi connectivity index (χ1v) is 11.4. The fourth-order valence-corrected chi connectivity index (χ4v) is 4.60. The third-order valence-corrected chi connectivity index (χ3v) is 6.30. The molecular formula is C28H26FN3O. The van der Waals surface area contributed by atoms with Gasteiger partial charge >= 0.3 is 0 Å².